The van der Waals surface area contributed by atoms with E-state index in [9.17, 15) is 14.7 Å². The summed E-state index contributed by atoms with van der Waals surface area (Å²) in [4.78, 5) is 33.6. The lowest BCUT2D eigenvalue weighted by atomic mass is 9.92. The van der Waals surface area contributed by atoms with Gasteiger partial charge in [-0.15, -0.1) is 0 Å². The number of carboxylic acid groups (broad SMARTS) is 1. The summed E-state index contributed by atoms with van der Waals surface area (Å²) in [5.41, 5.74) is 1.13. The van der Waals surface area contributed by atoms with Crippen LogP contribution in [0, 0.1) is 11.8 Å². The van der Waals surface area contributed by atoms with Crippen molar-refractivity contribution in [1.82, 2.24) is 14.9 Å². The predicted molar refractivity (Wildman–Crippen MR) is 99.3 cm³/mol. The number of ether oxygens (including phenoxy) is 1. The van der Waals surface area contributed by atoms with E-state index in [0.717, 1.165) is 17.4 Å². The minimum absolute atomic E-state index is 0.0260. The fourth-order valence-corrected chi connectivity index (χ4v) is 3.99. The van der Waals surface area contributed by atoms with Crippen molar-refractivity contribution in [2.75, 3.05) is 13.1 Å². The standard InChI is InChI=1S/C20H21N3O4/c1-11-6-12(2)10-23(9-11)19-16(20(25)26)17(24)15(27-19)7-13-8-22-18-14(13)4-3-5-21-18/h3-5,7-8,11-12H,6,9-10H2,1-2H3,(H,21,22)(H,25,26)/b15-7-. The Morgan fingerprint density at radius 2 is 2.11 bits per heavy atom. The fourth-order valence-electron chi connectivity index (χ4n) is 3.99. The molecule has 0 aromatic carbocycles. The molecule has 0 radical (unpaired) electrons. The molecule has 7 heteroatoms. The van der Waals surface area contributed by atoms with E-state index in [4.69, 9.17) is 4.74 Å². The van der Waals surface area contributed by atoms with Crippen molar-refractivity contribution in [2.24, 2.45) is 11.8 Å². The molecular formula is C20H21N3O4. The molecule has 0 amide bonds. The summed E-state index contributed by atoms with van der Waals surface area (Å²) in [6.07, 6.45) is 6.05. The number of pyridine rings is 1. The van der Waals surface area contributed by atoms with Crippen molar-refractivity contribution >= 4 is 28.9 Å². The van der Waals surface area contributed by atoms with Crippen LogP contribution in [0.3, 0.4) is 0 Å². The van der Waals surface area contributed by atoms with E-state index in [-0.39, 0.29) is 17.2 Å². The molecule has 2 aliphatic heterocycles. The van der Waals surface area contributed by atoms with Crippen molar-refractivity contribution in [3.05, 3.63) is 47.3 Å². The molecule has 2 aliphatic rings. The van der Waals surface area contributed by atoms with Gasteiger partial charge in [-0.2, -0.15) is 0 Å². The summed E-state index contributed by atoms with van der Waals surface area (Å²) >= 11 is 0. The number of nitrogens with one attached hydrogen (secondary N) is 1. The number of carbonyl (C=O) groups is 2. The van der Waals surface area contributed by atoms with Crippen LogP contribution in [0.2, 0.25) is 0 Å². The van der Waals surface area contributed by atoms with Gasteiger partial charge in [0.05, 0.1) is 0 Å². The van der Waals surface area contributed by atoms with E-state index in [1.54, 1.807) is 24.5 Å². The zero-order valence-corrected chi connectivity index (χ0v) is 15.2. The maximum Gasteiger partial charge on any atom is 0.345 e. The van der Waals surface area contributed by atoms with Gasteiger partial charge in [0, 0.05) is 36.4 Å². The van der Waals surface area contributed by atoms with Gasteiger partial charge in [0.25, 0.3) is 0 Å². The quantitative estimate of drug-likeness (QED) is 0.640. The average molecular weight is 367 g/mol. The lowest BCUT2D eigenvalue weighted by Gasteiger charge is -2.36. The molecule has 2 N–H and O–H groups in total. The number of aromatic nitrogens is 2. The third-order valence-corrected chi connectivity index (χ3v) is 5.01. The summed E-state index contributed by atoms with van der Waals surface area (Å²) in [5, 5.41) is 10.4. The SMILES string of the molecule is CC1CC(C)CN(C2=C(C(=O)O)C(=O)/C(=C/c3c[nH]c4ncccc34)O2)C1. The number of piperidine rings is 1. The third kappa shape index (κ3) is 3.09. The molecule has 140 valence electrons. The van der Waals surface area contributed by atoms with Crippen LogP contribution < -0.4 is 0 Å². The second-order valence-corrected chi connectivity index (χ2v) is 7.42. The second-order valence-electron chi connectivity index (χ2n) is 7.42. The monoisotopic (exact) mass is 367 g/mol. The highest BCUT2D eigenvalue weighted by atomic mass is 16.5. The molecule has 7 nitrogen and oxygen atoms in total. The van der Waals surface area contributed by atoms with Gasteiger partial charge in [-0.25, -0.2) is 9.78 Å². The van der Waals surface area contributed by atoms with Crippen LogP contribution in [0.4, 0.5) is 0 Å². The first-order chi connectivity index (χ1) is 12.9. The minimum atomic E-state index is -1.26. The van der Waals surface area contributed by atoms with Gasteiger partial charge in [0.2, 0.25) is 11.7 Å². The molecule has 0 spiro atoms. The number of Topliss-reactive ketones (excluding diaryl/α,β-unsaturated/α-hetero) is 1. The average Bonchev–Trinajstić information content (AvgIpc) is 3.16. The topological polar surface area (TPSA) is 95.5 Å². The van der Waals surface area contributed by atoms with Crippen molar-refractivity contribution < 1.29 is 19.4 Å². The van der Waals surface area contributed by atoms with Crippen LogP contribution in [-0.4, -0.2) is 44.8 Å². The van der Waals surface area contributed by atoms with Gasteiger partial charge in [-0.1, -0.05) is 13.8 Å². The first kappa shape index (κ1) is 17.3. The predicted octanol–water partition coefficient (Wildman–Crippen LogP) is 2.78. The highest BCUT2D eigenvalue weighted by molar-refractivity contribution is 6.26. The van der Waals surface area contributed by atoms with E-state index in [1.165, 1.54) is 0 Å². The normalized spacial score (nSPS) is 24.7. The number of ketones is 1. The number of hydrogen-bond acceptors (Lipinski definition) is 5. The number of aromatic amines is 1. The molecule has 4 heterocycles. The van der Waals surface area contributed by atoms with Crippen LogP contribution in [0.1, 0.15) is 25.8 Å². The van der Waals surface area contributed by atoms with Crippen LogP contribution in [0.25, 0.3) is 17.1 Å². The van der Waals surface area contributed by atoms with Crippen molar-refractivity contribution in [3.8, 4) is 0 Å². The van der Waals surface area contributed by atoms with E-state index in [2.05, 4.69) is 23.8 Å². The Bertz CT molecular complexity index is 978. The molecule has 2 aromatic rings. The molecule has 1 saturated heterocycles. The molecule has 2 aromatic heterocycles. The summed E-state index contributed by atoms with van der Waals surface area (Å²) in [6.45, 7) is 5.59. The third-order valence-electron chi connectivity index (χ3n) is 5.01. The van der Waals surface area contributed by atoms with Crippen LogP contribution in [-0.2, 0) is 14.3 Å². The number of allylic oxidation sites excluding steroid dienone is 1. The van der Waals surface area contributed by atoms with E-state index >= 15 is 0 Å². The van der Waals surface area contributed by atoms with Gasteiger partial charge < -0.3 is 19.7 Å². The first-order valence-corrected chi connectivity index (χ1v) is 9.03. The number of nitrogens with zero attached hydrogens (tertiary/aromatic N) is 2. The van der Waals surface area contributed by atoms with Crippen LogP contribution in [0.5, 0.6) is 0 Å². The van der Waals surface area contributed by atoms with E-state index < -0.39 is 11.8 Å². The Kier molecular flexibility index (Phi) is 4.22. The Balaban J connectivity index is 1.70. The number of fused-ring (bicyclic) bond motifs is 1. The summed E-state index contributed by atoms with van der Waals surface area (Å²) in [7, 11) is 0. The molecular weight excluding hydrogens is 346 g/mol. The number of H-pyrrole nitrogens is 1. The van der Waals surface area contributed by atoms with Gasteiger partial charge in [-0.05, 0) is 36.5 Å². The molecule has 1 fully saturated rings. The van der Waals surface area contributed by atoms with Gasteiger partial charge >= 0.3 is 5.97 Å². The van der Waals surface area contributed by atoms with Crippen molar-refractivity contribution in [3.63, 3.8) is 0 Å². The van der Waals surface area contributed by atoms with Crippen molar-refractivity contribution in [1.29, 1.82) is 0 Å². The van der Waals surface area contributed by atoms with Crippen LogP contribution >= 0.6 is 0 Å². The Morgan fingerprint density at radius 1 is 1.37 bits per heavy atom. The lowest BCUT2D eigenvalue weighted by molar-refractivity contribution is -0.134. The largest absolute Gasteiger partial charge is 0.477 e. The first-order valence-electron chi connectivity index (χ1n) is 9.03. The number of carboxylic acids is 1. The second kappa shape index (κ2) is 6.57. The lowest BCUT2D eigenvalue weighted by Crippen LogP contribution is -2.38. The number of hydrogen-bond donors (Lipinski definition) is 2. The number of likely N-dealkylation sites (tertiary alicyclic amines) is 1. The van der Waals surface area contributed by atoms with E-state index in [0.29, 0.717) is 30.6 Å². The summed E-state index contributed by atoms with van der Waals surface area (Å²) in [5.74, 6) is -0.856. The van der Waals surface area contributed by atoms with Crippen molar-refractivity contribution in [2.45, 2.75) is 20.3 Å². The zero-order valence-electron chi connectivity index (χ0n) is 15.2. The molecule has 4 rings (SSSR count). The zero-order chi connectivity index (χ0) is 19.1. The smallest absolute Gasteiger partial charge is 0.345 e. The Hall–Kier alpha value is -3.09. The molecule has 0 saturated carbocycles. The van der Waals surface area contributed by atoms with E-state index in [1.807, 2.05) is 11.0 Å². The molecule has 0 aliphatic carbocycles. The van der Waals surface area contributed by atoms with Crippen LogP contribution in [0.15, 0.2) is 41.7 Å². The molecule has 2 unspecified atom stereocenters. The number of aliphatic carboxylic acids is 1. The van der Waals surface area contributed by atoms with Gasteiger partial charge in [0.15, 0.2) is 11.3 Å². The number of carbonyl (C=O) groups excluding carboxylic acids is 1. The number of rotatable bonds is 3. The highest BCUT2D eigenvalue weighted by Gasteiger charge is 2.40. The Labute approximate surface area is 156 Å². The Morgan fingerprint density at radius 3 is 2.81 bits per heavy atom. The van der Waals surface area contributed by atoms with Gasteiger partial charge in [0.1, 0.15) is 5.65 Å². The maximum absolute atomic E-state index is 12.7. The fraction of sp³-hybridized carbons (Fsp3) is 0.350. The summed E-state index contributed by atoms with van der Waals surface area (Å²) < 4.78 is 5.81. The minimum Gasteiger partial charge on any atom is -0.477 e. The molecule has 27 heavy (non-hydrogen) atoms. The molecule has 2 atom stereocenters. The van der Waals surface area contributed by atoms with Gasteiger partial charge in [-0.3, -0.25) is 4.79 Å². The summed E-state index contributed by atoms with van der Waals surface area (Å²) in [6, 6.07) is 3.68. The molecule has 0 bridgehead atoms. The maximum atomic E-state index is 12.7. The highest BCUT2D eigenvalue weighted by Crippen LogP contribution is 2.34.